The summed E-state index contributed by atoms with van der Waals surface area (Å²) >= 11 is 0. The van der Waals surface area contributed by atoms with Gasteiger partial charge in [-0.3, -0.25) is 4.90 Å². The first-order chi connectivity index (χ1) is 9.36. The standard InChI is InChI=1S/C17H22N2/c1-13-14-7-2-3-12-19(14)16-9-6-8-15(17(13)16)18-10-4-5-11-18/h2-3,7,12,15H,4-6,8-11H2,1H3. The highest BCUT2D eigenvalue weighted by Gasteiger charge is 2.31. The Morgan fingerprint density at radius 3 is 2.79 bits per heavy atom. The largest absolute Gasteiger partial charge is 0.320 e. The minimum Gasteiger partial charge on any atom is -0.320 e. The van der Waals surface area contributed by atoms with Gasteiger partial charge in [0.15, 0.2) is 0 Å². The third kappa shape index (κ3) is 1.66. The van der Waals surface area contributed by atoms with Gasteiger partial charge in [-0.2, -0.15) is 0 Å². The number of nitrogens with zero attached hydrogens (tertiary/aromatic N) is 2. The normalized spacial score (nSPS) is 23.9. The maximum Gasteiger partial charge on any atom is 0.0485 e. The number of aromatic nitrogens is 1. The SMILES string of the molecule is Cc1c2c(n3ccccc13)CCCC2N1CCCC1. The van der Waals surface area contributed by atoms with E-state index in [9.17, 15) is 0 Å². The van der Waals surface area contributed by atoms with Gasteiger partial charge in [0.1, 0.15) is 0 Å². The summed E-state index contributed by atoms with van der Waals surface area (Å²) in [6, 6.07) is 7.28. The van der Waals surface area contributed by atoms with E-state index >= 15 is 0 Å². The Morgan fingerprint density at radius 1 is 1.11 bits per heavy atom. The molecule has 0 bridgehead atoms. The molecule has 1 aliphatic heterocycles. The second-order valence-corrected chi connectivity index (χ2v) is 6.09. The van der Waals surface area contributed by atoms with Gasteiger partial charge in [-0.25, -0.2) is 0 Å². The fourth-order valence-electron chi connectivity index (χ4n) is 4.19. The molecule has 1 aliphatic carbocycles. The highest BCUT2D eigenvalue weighted by molar-refractivity contribution is 5.62. The molecule has 0 N–H and O–H groups in total. The third-order valence-electron chi connectivity index (χ3n) is 5.06. The van der Waals surface area contributed by atoms with Crippen LogP contribution < -0.4 is 0 Å². The van der Waals surface area contributed by atoms with E-state index in [1.165, 1.54) is 56.3 Å². The number of likely N-dealkylation sites (tertiary alicyclic amines) is 1. The fourth-order valence-corrected chi connectivity index (χ4v) is 4.19. The molecular weight excluding hydrogens is 232 g/mol. The molecule has 2 heteroatoms. The van der Waals surface area contributed by atoms with Gasteiger partial charge in [0.2, 0.25) is 0 Å². The zero-order chi connectivity index (χ0) is 12.8. The maximum atomic E-state index is 2.73. The Labute approximate surface area is 115 Å². The van der Waals surface area contributed by atoms with Gasteiger partial charge in [-0.15, -0.1) is 0 Å². The highest BCUT2D eigenvalue weighted by atomic mass is 15.2. The van der Waals surface area contributed by atoms with Crippen LogP contribution in [0.15, 0.2) is 24.4 Å². The van der Waals surface area contributed by atoms with Crippen molar-refractivity contribution in [2.45, 2.75) is 45.1 Å². The van der Waals surface area contributed by atoms with E-state index in [1.54, 1.807) is 11.3 Å². The summed E-state index contributed by atoms with van der Waals surface area (Å²) in [5, 5.41) is 0. The Hall–Kier alpha value is -1.28. The van der Waals surface area contributed by atoms with Crippen molar-refractivity contribution in [1.29, 1.82) is 0 Å². The van der Waals surface area contributed by atoms with Crippen molar-refractivity contribution >= 4 is 5.52 Å². The van der Waals surface area contributed by atoms with Crippen molar-refractivity contribution < 1.29 is 0 Å². The van der Waals surface area contributed by atoms with E-state index in [1.807, 2.05) is 0 Å². The van der Waals surface area contributed by atoms with Gasteiger partial charge in [0.25, 0.3) is 0 Å². The summed E-state index contributed by atoms with van der Waals surface area (Å²) in [5.74, 6) is 0. The smallest absolute Gasteiger partial charge is 0.0485 e. The predicted molar refractivity (Wildman–Crippen MR) is 78.6 cm³/mol. The van der Waals surface area contributed by atoms with Gasteiger partial charge in [0.05, 0.1) is 0 Å². The lowest BCUT2D eigenvalue weighted by Crippen LogP contribution is -2.28. The quantitative estimate of drug-likeness (QED) is 0.752. The van der Waals surface area contributed by atoms with Gasteiger partial charge in [-0.1, -0.05) is 6.07 Å². The van der Waals surface area contributed by atoms with E-state index in [0.29, 0.717) is 6.04 Å². The van der Waals surface area contributed by atoms with Crippen molar-refractivity contribution in [2.75, 3.05) is 13.1 Å². The zero-order valence-electron chi connectivity index (χ0n) is 11.7. The van der Waals surface area contributed by atoms with Crippen molar-refractivity contribution in [1.82, 2.24) is 9.30 Å². The average Bonchev–Trinajstić information content (AvgIpc) is 3.08. The molecule has 1 saturated heterocycles. The molecule has 0 aromatic carbocycles. The first-order valence-corrected chi connectivity index (χ1v) is 7.69. The third-order valence-corrected chi connectivity index (χ3v) is 5.06. The molecule has 0 spiro atoms. The second kappa shape index (κ2) is 4.38. The summed E-state index contributed by atoms with van der Waals surface area (Å²) in [5.41, 5.74) is 6.17. The first-order valence-electron chi connectivity index (χ1n) is 7.69. The molecule has 0 amide bonds. The van der Waals surface area contributed by atoms with Crippen molar-refractivity contribution in [3.05, 3.63) is 41.2 Å². The second-order valence-electron chi connectivity index (χ2n) is 6.09. The Bertz CT molecular complexity index is 605. The van der Waals surface area contributed by atoms with E-state index in [-0.39, 0.29) is 0 Å². The molecule has 2 aromatic rings. The van der Waals surface area contributed by atoms with Crippen molar-refractivity contribution in [3.8, 4) is 0 Å². The van der Waals surface area contributed by atoms with Crippen LogP contribution in [0.25, 0.3) is 5.52 Å². The summed E-state index contributed by atoms with van der Waals surface area (Å²) in [6.07, 6.45) is 8.96. The molecule has 19 heavy (non-hydrogen) atoms. The summed E-state index contributed by atoms with van der Waals surface area (Å²) in [7, 11) is 0. The van der Waals surface area contributed by atoms with Crippen LogP contribution in [0.1, 0.15) is 48.5 Å². The Kier molecular flexibility index (Phi) is 2.66. The molecule has 100 valence electrons. The van der Waals surface area contributed by atoms with Crippen LogP contribution in [0.4, 0.5) is 0 Å². The molecule has 4 rings (SSSR count). The number of aryl methyl sites for hydroxylation is 2. The molecule has 3 heterocycles. The van der Waals surface area contributed by atoms with Crippen LogP contribution in [-0.4, -0.2) is 22.4 Å². The first kappa shape index (κ1) is 11.5. The lowest BCUT2D eigenvalue weighted by atomic mass is 9.89. The minimum absolute atomic E-state index is 0.686. The van der Waals surface area contributed by atoms with Crippen molar-refractivity contribution in [3.63, 3.8) is 0 Å². The van der Waals surface area contributed by atoms with Crippen LogP contribution >= 0.6 is 0 Å². The summed E-state index contributed by atoms with van der Waals surface area (Å²) in [4.78, 5) is 2.73. The molecule has 0 radical (unpaired) electrons. The monoisotopic (exact) mass is 254 g/mol. The van der Waals surface area contributed by atoms with Crippen LogP contribution in [0, 0.1) is 6.92 Å². The molecular formula is C17H22N2. The van der Waals surface area contributed by atoms with Crippen LogP contribution in [0.5, 0.6) is 0 Å². The van der Waals surface area contributed by atoms with E-state index in [2.05, 4.69) is 40.6 Å². The van der Waals surface area contributed by atoms with Gasteiger partial charge in [-0.05, 0) is 75.4 Å². The van der Waals surface area contributed by atoms with E-state index in [4.69, 9.17) is 0 Å². The minimum atomic E-state index is 0.686. The molecule has 1 unspecified atom stereocenters. The molecule has 1 fully saturated rings. The number of hydrogen-bond acceptors (Lipinski definition) is 1. The Morgan fingerprint density at radius 2 is 1.95 bits per heavy atom. The van der Waals surface area contributed by atoms with Crippen molar-refractivity contribution in [2.24, 2.45) is 0 Å². The molecule has 0 saturated carbocycles. The van der Waals surface area contributed by atoms with Gasteiger partial charge >= 0.3 is 0 Å². The number of hydrogen-bond donors (Lipinski definition) is 0. The number of fused-ring (bicyclic) bond motifs is 3. The predicted octanol–water partition coefficient (Wildman–Crippen LogP) is 3.72. The Balaban J connectivity index is 1.89. The van der Waals surface area contributed by atoms with Gasteiger partial charge in [0, 0.05) is 23.4 Å². The number of rotatable bonds is 1. The van der Waals surface area contributed by atoms with E-state index < -0.39 is 0 Å². The number of pyridine rings is 1. The molecule has 1 atom stereocenters. The molecule has 2 nitrogen and oxygen atoms in total. The fraction of sp³-hybridized carbons (Fsp3) is 0.529. The topological polar surface area (TPSA) is 7.65 Å². The van der Waals surface area contributed by atoms with Crippen LogP contribution in [0.3, 0.4) is 0 Å². The summed E-state index contributed by atoms with van der Waals surface area (Å²) in [6.45, 7) is 4.92. The lowest BCUT2D eigenvalue weighted by molar-refractivity contribution is 0.220. The maximum absolute atomic E-state index is 2.73. The highest BCUT2D eigenvalue weighted by Crippen LogP contribution is 2.40. The molecule has 2 aliphatic rings. The average molecular weight is 254 g/mol. The van der Waals surface area contributed by atoms with E-state index in [0.717, 1.165) is 0 Å². The summed E-state index contributed by atoms with van der Waals surface area (Å²) < 4.78 is 2.44. The zero-order valence-corrected chi connectivity index (χ0v) is 11.7. The van der Waals surface area contributed by atoms with Crippen LogP contribution in [0.2, 0.25) is 0 Å². The lowest BCUT2D eigenvalue weighted by Gasteiger charge is -2.32. The van der Waals surface area contributed by atoms with Gasteiger partial charge < -0.3 is 4.40 Å². The van der Waals surface area contributed by atoms with Crippen LogP contribution in [-0.2, 0) is 6.42 Å². The molecule has 2 aromatic heterocycles.